The minimum absolute atomic E-state index is 0.0300. The lowest BCUT2D eigenvalue weighted by atomic mass is 10.3. The summed E-state index contributed by atoms with van der Waals surface area (Å²) >= 11 is 2.08. The van der Waals surface area contributed by atoms with Crippen LogP contribution in [0.15, 0.2) is 56.0 Å². The van der Waals surface area contributed by atoms with Crippen molar-refractivity contribution in [2.45, 2.75) is 50.3 Å². The van der Waals surface area contributed by atoms with Crippen molar-refractivity contribution in [3.8, 4) is 11.5 Å². The Balaban J connectivity index is 1.83. The molecule has 1 aromatic carbocycles. The minimum Gasteiger partial charge on any atom is -0.460 e. The van der Waals surface area contributed by atoms with Gasteiger partial charge in [0, 0.05) is 24.2 Å². The van der Waals surface area contributed by atoms with Crippen LogP contribution >= 0.6 is 23.5 Å². The van der Waals surface area contributed by atoms with Crippen molar-refractivity contribution in [1.82, 2.24) is 20.7 Å². The largest absolute Gasteiger partial charge is 0.460 e. The molecule has 0 bridgehead atoms. The van der Waals surface area contributed by atoms with E-state index in [1.807, 2.05) is 13.8 Å². The maximum absolute atomic E-state index is 13.4. The summed E-state index contributed by atoms with van der Waals surface area (Å²) in [6.45, 7) is 14.2. The molecule has 0 radical (unpaired) electrons. The van der Waals surface area contributed by atoms with Gasteiger partial charge >= 0.3 is 24.1 Å². The van der Waals surface area contributed by atoms with Crippen LogP contribution in [0.2, 0.25) is 0 Å². The Hall–Kier alpha value is -4.44. The van der Waals surface area contributed by atoms with Gasteiger partial charge < -0.3 is 29.6 Å². The molecular formula is C30H36N4O10S2. The number of thioether (sulfide) groups is 2. The zero-order valence-corrected chi connectivity index (χ0v) is 27.7. The van der Waals surface area contributed by atoms with Crippen LogP contribution in [0.1, 0.15) is 40.5 Å². The SMILES string of the molecule is C=C(C)C(=O)OCCNC(=O)Oc1ccc(OC(=O)NCCOC(=O)C(=C)C)c2c1SC(=C1C(=O)N(CCC)N(CCC)C1=O)S2. The number of rotatable bonds is 14. The first kappa shape index (κ1) is 36.0. The molecule has 1 aromatic rings. The highest BCUT2D eigenvalue weighted by Gasteiger charge is 2.44. The second-order valence-corrected chi connectivity index (χ2v) is 12.2. The number of amides is 4. The summed E-state index contributed by atoms with van der Waals surface area (Å²) in [5.74, 6) is -1.93. The van der Waals surface area contributed by atoms with E-state index in [1.165, 1.54) is 36.0 Å². The molecule has 0 saturated carbocycles. The highest BCUT2D eigenvalue weighted by atomic mass is 32.2. The number of carbonyl (C=O) groups is 6. The lowest BCUT2D eigenvalue weighted by Gasteiger charge is -2.26. The van der Waals surface area contributed by atoms with Gasteiger partial charge in [-0.1, -0.05) is 50.5 Å². The number of carbonyl (C=O) groups excluding carboxylic acids is 6. The summed E-state index contributed by atoms with van der Waals surface area (Å²) in [5, 5.41) is 7.80. The smallest absolute Gasteiger partial charge is 0.412 e. The topological polar surface area (TPSA) is 170 Å². The molecule has 0 aromatic heterocycles. The summed E-state index contributed by atoms with van der Waals surface area (Å²) in [5.41, 5.74) is 0.404. The van der Waals surface area contributed by atoms with Crippen molar-refractivity contribution in [2.75, 3.05) is 39.4 Å². The Morgan fingerprint density at radius 2 is 1.13 bits per heavy atom. The minimum atomic E-state index is -0.854. The molecular weight excluding hydrogens is 640 g/mol. The van der Waals surface area contributed by atoms with E-state index in [4.69, 9.17) is 18.9 Å². The van der Waals surface area contributed by atoms with Gasteiger partial charge in [-0.25, -0.2) is 29.2 Å². The Labute approximate surface area is 274 Å². The van der Waals surface area contributed by atoms with Gasteiger partial charge in [0.25, 0.3) is 11.8 Å². The van der Waals surface area contributed by atoms with Crippen LogP contribution < -0.4 is 20.1 Å². The standard InChI is InChI=1S/C30H36N4O10S2/c1-7-13-33-24(35)21(25(36)34(33)14-8-2)28-45-22-19(43-29(39)31-11-15-41-26(37)17(3)4)9-10-20(23(22)46-28)44-30(40)32-12-16-42-27(38)18(5)6/h9-10H,3,5,7-8,11-16H2,1-2,4,6H3,(H,31,39)(H,32,40). The van der Waals surface area contributed by atoms with Crippen molar-refractivity contribution in [3.63, 3.8) is 0 Å². The fraction of sp³-hybridized carbons (Fsp3) is 0.400. The molecule has 2 aliphatic rings. The number of nitrogens with zero attached hydrogens (tertiary/aromatic N) is 2. The van der Waals surface area contributed by atoms with E-state index in [1.54, 1.807) is 0 Å². The average Bonchev–Trinajstić information content (AvgIpc) is 3.54. The van der Waals surface area contributed by atoms with E-state index in [9.17, 15) is 28.8 Å². The number of fused-ring (bicyclic) bond motifs is 1. The molecule has 1 saturated heterocycles. The number of esters is 2. The maximum atomic E-state index is 13.4. The van der Waals surface area contributed by atoms with Crippen LogP contribution in [-0.4, -0.2) is 85.4 Å². The molecule has 14 nitrogen and oxygen atoms in total. The molecule has 0 spiro atoms. The van der Waals surface area contributed by atoms with Gasteiger partial charge in [0.1, 0.15) is 30.3 Å². The van der Waals surface area contributed by atoms with Gasteiger partial charge in [0.05, 0.1) is 27.1 Å². The zero-order chi connectivity index (χ0) is 34.0. The van der Waals surface area contributed by atoms with Gasteiger partial charge in [-0.05, 0) is 38.8 Å². The number of benzene rings is 1. The quantitative estimate of drug-likeness (QED) is 0.126. The highest BCUT2D eigenvalue weighted by molar-refractivity contribution is 8.25. The van der Waals surface area contributed by atoms with E-state index in [2.05, 4.69) is 23.8 Å². The maximum Gasteiger partial charge on any atom is 0.412 e. The van der Waals surface area contributed by atoms with Crippen molar-refractivity contribution >= 4 is 59.5 Å². The number of hydrogen-bond donors (Lipinski definition) is 2. The number of nitrogens with one attached hydrogen (secondary N) is 2. The third-order valence-corrected chi connectivity index (χ3v) is 8.63. The van der Waals surface area contributed by atoms with Gasteiger partial charge in [-0.15, -0.1) is 0 Å². The predicted molar refractivity (Wildman–Crippen MR) is 169 cm³/mol. The molecule has 248 valence electrons. The normalized spacial score (nSPS) is 13.7. The Kier molecular flexibility index (Phi) is 13.1. The van der Waals surface area contributed by atoms with Crippen LogP contribution in [0.25, 0.3) is 0 Å². The number of ether oxygens (including phenoxy) is 4. The number of hydrogen-bond acceptors (Lipinski definition) is 12. The summed E-state index contributed by atoms with van der Waals surface area (Å²) in [7, 11) is 0. The van der Waals surface area contributed by atoms with Crippen molar-refractivity contribution in [1.29, 1.82) is 0 Å². The van der Waals surface area contributed by atoms with Gasteiger partial charge in [0.15, 0.2) is 0 Å². The third kappa shape index (κ3) is 9.06. The lowest BCUT2D eigenvalue weighted by molar-refractivity contribution is -0.146. The molecule has 3 rings (SSSR count). The molecule has 2 N–H and O–H groups in total. The first-order valence-corrected chi connectivity index (χ1v) is 16.0. The Bertz CT molecular complexity index is 1370. The van der Waals surface area contributed by atoms with E-state index in [0.29, 0.717) is 40.0 Å². The number of hydrazine groups is 1. The highest BCUT2D eigenvalue weighted by Crippen LogP contribution is 2.59. The van der Waals surface area contributed by atoms with E-state index in [-0.39, 0.29) is 54.5 Å². The lowest BCUT2D eigenvalue weighted by Crippen LogP contribution is -2.41. The average molecular weight is 677 g/mol. The van der Waals surface area contributed by atoms with Crippen molar-refractivity contribution in [3.05, 3.63) is 46.2 Å². The molecule has 16 heteroatoms. The van der Waals surface area contributed by atoms with Gasteiger partial charge in [0.2, 0.25) is 0 Å². The van der Waals surface area contributed by atoms with Crippen LogP contribution in [-0.2, 0) is 28.7 Å². The fourth-order valence-corrected chi connectivity index (χ4v) is 6.56. The summed E-state index contributed by atoms with van der Waals surface area (Å²) < 4.78 is 21.3. The first-order valence-electron chi connectivity index (χ1n) is 14.4. The van der Waals surface area contributed by atoms with E-state index >= 15 is 0 Å². The second kappa shape index (κ2) is 16.7. The molecule has 2 heterocycles. The second-order valence-electron chi connectivity index (χ2n) is 9.91. The summed E-state index contributed by atoms with van der Waals surface area (Å²) in [4.78, 5) is 75.8. The summed E-state index contributed by atoms with van der Waals surface area (Å²) in [6, 6.07) is 2.81. The summed E-state index contributed by atoms with van der Waals surface area (Å²) in [6.07, 6.45) is -0.428. The van der Waals surface area contributed by atoms with Crippen molar-refractivity contribution < 1.29 is 47.7 Å². The fourth-order valence-electron chi connectivity index (χ4n) is 3.91. The molecule has 0 atom stereocenters. The van der Waals surface area contributed by atoms with Gasteiger partial charge in [-0.2, -0.15) is 0 Å². The zero-order valence-electron chi connectivity index (χ0n) is 26.0. The molecule has 46 heavy (non-hydrogen) atoms. The van der Waals surface area contributed by atoms with Crippen LogP contribution in [0, 0.1) is 0 Å². The van der Waals surface area contributed by atoms with E-state index in [0.717, 1.165) is 23.5 Å². The third-order valence-electron chi connectivity index (χ3n) is 6.00. The molecule has 2 aliphatic heterocycles. The first-order chi connectivity index (χ1) is 21.9. The monoisotopic (exact) mass is 676 g/mol. The Morgan fingerprint density at radius 3 is 1.48 bits per heavy atom. The van der Waals surface area contributed by atoms with Crippen LogP contribution in [0.3, 0.4) is 0 Å². The van der Waals surface area contributed by atoms with E-state index < -0.39 is 35.9 Å². The predicted octanol–water partition coefficient (Wildman–Crippen LogP) is 3.92. The molecule has 0 aliphatic carbocycles. The van der Waals surface area contributed by atoms with Crippen LogP contribution in [0.4, 0.5) is 9.59 Å². The van der Waals surface area contributed by atoms with Gasteiger partial charge in [-0.3, -0.25) is 9.59 Å². The van der Waals surface area contributed by atoms with Crippen molar-refractivity contribution in [2.24, 2.45) is 0 Å². The molecule has 0 unspecified atom stereocenters. The van der Waals surface area contributed by atoms with Crippen LogP contribution in [0.5, 0.6) is 11.5 Å². The Morgan fingerprint density at radius 1 is 0.739 bits per heavy atom. The molecule has 1 fully saturated rings. The molecule has 4 amide bonds.